The van der Waals surface area contributed by atoms with Crippen molar-refractivity contribution in [2.24, 2.45) is 5.14 Å². The van der Waals surface area contributed by atoms with Crippen LogP contribution in [0.2, 0.25) is 5.15 Å². The molecule has 1 atom stereocenters. The largest absolute Gasteiger partial charge is 0.483 e. The second kappa shape index (κ2) is 8.36. The van der Waals surface area contributed by atoms with Crippen LogP contribution in [0.1, 0.15) is 29.7 Å². The van der Waals surface area contributed by atoms with Gasteiger partial charge in [-0.3, -0.25) is 4.79 Å². The van der Waals surface area contributed by atoms with Gasteiger partial charge in [0, 0.05) is 11.1 Å². The molecule has 35 heavy (non-hydrogen) atoms. The normalized spacial score (nSPS) is 14.1. The fraction of sp³-hybridized carbons (Fsp3) is 0.261. The minimum Gasteiger partial charge on any atom is -0.483 e. The molecule has 4 heterocycles. The molecule has 3 aromatic heterocycles. The average Bonchev–Trinajstić information content (AvgIpc) is 3.41. The molecule has 0 fully saturated rings. The van der Waals surface area contributed by atoms with Crippen LogP contribution in [0.25, 0.3) is 22.3 Å². The molecular weight excluding hydrogens is 496 g/mol. The van der Waals surface area contributed by atoms with Crippen molar-refractivity contribution in [1.82, 2.24) is 14.8 Å². The Bertz CT molecular complexity index is 1660. The molecule has 2 N–H and O–H groups in total. The molecule has 0 amide bonds. The van der Waals surface area contributed by atoms with Crippen molar-refractivity contribution in [2.75, 3.05) is 6.61 Å². The van der Waals surface area contributed by atoms with E-state index in [-0.39, 0.29) is 16.3 Å². The summed E-state index contributed by atoms with van der Waals surface area (Å²) in [4.78, 5) is 17.2. The molecule has 0 unspecified atom stereocenters. The van der Waals surface area contributed by atoms with E-state index < -0.39 is 21.2 Å². The quantitative estimate of drug-likeness (QED) is 0.397. The van der Waals surface area contributed by atoms with Gasteiger partial charge in [0.25, 0.3) is 10.0 Å². The third kappa shape index (κ3) is 4.05. The molecule has 0 bridgehead atoms. The number of aryl methyl sites for hydroxylation is 1. The van der Waals surface area contributed by atoms with Gasteiger partial charge in [0.15, 0.2) is 11.2 Å². The van der Waals surface area contributed by atoms with E-state index in [2.05, 4.69) is 10.1 Å². The van der Waals surface area contributed by atoms with Crippen LogP contribution in [0, 0.1) is 13.8 Å². The summed E-state index contributed by atoms with van der Waals surface area (Å²) in [6.45, 7) is 6.35. The van der Waals surface area contributed by atoms with Crippen molar-refractivity contribution in [3.63, 3.8) is 0 Å². The molecule has 1 aromatic carbocycles. The van der Waals surface area contributed by atoms with E-state index in [1.165, 1.54) is 12.1 Å². The van der Waals surface area contributed by atoms with Crippen LogP contribution in [0.15, 0.2) is 44.7 Å². The number of nitrogens with two attached hydrogens (primary N) is 1. The van der Waals surface area contributed by atoms with E-state index in [0.29, 0.717) is 52.5 Å². The smallest absolute Gasteiger partial charge is 0.259 e. The van der Waals surface area contributed by atoms with Crippen LogP contribution in [0.3, 0.4) is 0 Å². The lowest BCUT2D eigenvalue weighted by atomic mass is 10.0. The van der Waals surface area contributed by atoms with Gasteiger partial charge in [0.05, 0.1) is 23.7 Å². The zero-order valence-corrected chi connectivity index (χ0v) is 20.6. The molecule has 0 radical (unpaired) electrons. The van der Waals surface area contributed by atoms with Crippen molar-refractivity contribution < 1.29 is 22.3 Å². The van der Waals surface area contributed by atoms with Crippen LogP contribution in [-0.2, 0) is 16.6 Å². The number of benzene rings is 1. The Kier molecular flexibility index (Phi) is 5.58. The van der Waals surface area contributed by atoms with Gasteiger partial charge in [0.1, 0.15) is 29.2 Å². The SMILES string of the molecule is Cc1cc([C@@H](C)Oc2ccc(Cl)nc2S(N)(=O)=O)c2oc(-c3cnn4c3OCC4)c(C)c(=O)c2c1. The first-order valence-corrected chi connectivity index (χ1v) is 12.6. The molecule has 0 aliphatic carbocycles. The Balaban J connectivity index is 1.67. The maximum atomic E-state index is 13.4. The standard InChI is InChI=1S/C23H21ClN4O6S/c1-11-8-14(13(3)33-17-4-5-18(24)27-22(17)35(25,30)31)21-15(9-11)19(29)12(2)20(34-21)16-10-26-28-6-7-32-23(16)28/h4-5,8-10,13H,6-7H2,1-3H3,(H2,25,30,31)/t13-/m1/s1. The lowest BCUT2D eigenvalue weighted by Gasteiger charge is -2.19. The lowest BCUT2D eigenvalue weighted by Crippen LogP contribution is -2.17. The van der Waals surface area contributed by atoms with Crippen LogP contribution in [0.5, 0.6) is 11.6 Å². The molecule has 0 saturated heterocycles. The highest BCUT2D eigenvalue weighted by atomic mass is 35.5. The predicted octanol–water partition coefficient (Wildman–Crippen LogP) is 3.50. The van der Waals surface area contributed by atoms with Gasteiger partial charge in [-0.05, 0) is 50.6 Å². The molecule has 1 aliphatic rings. The van der Waals surface area contributed by atoms with Crippen molar-refractivity contribution in [2.45, 2.75) is 38.4 Å². The Labute approximate surface area is 205 Å². The average molecular weight is 517 g/mol. The summed E-state index contributed by atoms with van der Waals surface area (Å²) in [6.07, 6.45) is 0.866. The van der Waals surface area contributed by atoms with Crippen LogP contribution < -0.4 is 20.0 Å². The number of nitrogens with zero attached hydrogens (tertiary/aromatic N) is 3. The Morgan fingerprint density at radius 3 is 2.77 bits per heavy atom. The highest BCUT2D eigenvalue weighted by molar-refractivity contribution is 7.89. The molecule has 12 heteroatoms. The summed E-state index contributed by atoms with van der Waals surface area (Å²) in [5.41, 5.74) is 2.46. The van der Waals surface area contributed by atoms with Gasteiger partial charge in [0.2, 0.25) is 10.9 Å². The molecule has 10 nitrogen and oxygen atoms in total. The van der Waals surface area contributed by atoms with Gasteiger partial charge in [-0.1, -0.05) is 11.6 Å². The third-order valence-electron chi connectivity index (χ3n) is 5.77. The first-order valence-electron chi connectivity index (χ1n) is 10.7. The number of hydrogen-bond acceptors (Lipinski definition) is 8. The third-order valence-corrected chi connectivity index (χ3v) is 6.81. The molecule has 182 valence electrons. The number of rotatable bonds is 5. The number of pyridine rings is 1. The summed E-state index contributed by atoms with van der Waals surface area (Å²) < 4.78 is 43.8. The first-order chi connectivity index (χ1) is 16.5. The summed E-state index contributed by atoms with van der Waals surface area (Å²) in [5.74, 6) is 0.816. The minimum absolute atomic E-state index is 0.0444. The number of aromatic nitrogens is 3. The van der Waals surface area contributed by atoms with E-state index in [1.54, 1.807) is 30.8 Å². The summed E-state index contributed by atoms with van der Waals surface area (Å²) >= 11 is 5.86. The zero-order chi connectivity index (χ0) is 25.1. The zero-order valence-electron chi connectivity index (χ0n) is 19.0. The van der Waals surface area contributed by atoms with Crippen LogP contribution in [0.4, 0.5) is 0 Å². The maximum Gasteiger partial charge on any atom is 0.259 e. The Morgan fingerprint density at radius 1 is 1.26 bits per heavy atom. The van der Waals surface area contributed by atoms with Gasteiger partial charge in [-0.15, -0.1) is 0 Å². The van der Waals surface area contributed by atoms with Gasteiger partial charge in [-0.2, -0.15) is 5.10 Å². The highest BCUT2D eigenvalue weighted by Crippen LogP contribution is 2.37. The molecule has 0 saturated carbocycles. The topological polar surface area (TPSA) is 140 Å². The monoisotopic (exact) mass is 516 g/mol. The second-order valence-electron chi connectivity index (χ2n) is 8.29. The molecular formula is C23H21ClN4O6S. The molecule has 5 rings (SSSR count). The Hall–Kier alpha value is -3.41. The highest BCUT2D eigenvalue weighted by Gasteiger charge is 2.26. The molecule has 1 aliphatic heterocycles. The number of ether oxygens (including phenoxy) is 2. The number of hydrogen-bond donors (Lipinski definition) is 1. The van der Waals surface area contributed by atoms with Crippen molar-refractivity contribution in [1.29, 1.82) is 0 Å². The van der Waals surface area contributed by atoms with Gasteiger partial charge < -0.3 is 13.9 Å². The minimum atomic E-state index is -4.21. The number of halogens is 1. The maximum absolute atomic E-state index is 13.4. The van der Waals surface area contributed by atoms with E-state index in [0.717, 1.165) is 5.56 Å². The van der Waals surface area contributed by atoms with Crippen LogP contribution >= 0.6 is 11.6 Å². The van der Waals surface area contributed by atoms with E-state index in [1.807, 2.05) is 13.0 Å². The lowest BCUT2D eigenvalue weighted by molar-refractivity contribution is 0.219. The van der Waals surface area contributed by atoms with Crippen molar-refractivity contribution >= 4 is 32.6 Å². The van der Waals surface area contributed by atoms with Crippen molar-refractivity contribution in [3.05, 3.63) is 62.5 Å². The van der Waals surface area contributed by atoms with Gasteiger partial charge >= 0.3 is 0 Å². The number of sulfonamides is 1. The van der Waals surface area contributed by atoms with E-state index >= 15 is 0 Å². The summed E-state index contributed by atoms with van der Waals surface area (Å²) in [7, 11) is -4.21. The number of primary sulfonamides is 1. The number of fused-ring (bicyclic) bond motifs is 2. The summed E-state index contributed by atoms with van der Waals surface area (Å²) in [5, 5.41) is 9.46. The Morgan fingerprint density at radius 2 is 2.03 bits per heavy atom. The summed E-state index contributed by atoms with van der Waals surface area (Å²) in [6, 6.07) is 6.33. The van der Waals surface area contributed by atoms with Gasteiger partial charge in [-0.25, -0.2) is 23.2 Å². The van der Waals surface area contributed by atoms with Crippen LogP contribution in [-0.4, -0.2) is 29.8 Å². The second-order valence-corrected chi connectivity index (χ2v) is 10.2. The fourth-order valence-corrected chi connectivity index (χ4v) is 4.97. The van der Waals surface area contributed by atoms with E-state index in [9.17, 15) is 13.2 Å². The first kappa shape index (κ1) is 23.3. The van der Waals surface area contributed by atoms with Crippen molar-refractivity contribution in [3.8, 4) is 23.0 Å². The molecule has 0 spiro atoms. The van der Waals surface area contributed by atoms with E-state index in [4.69, 9.17) is 30.6 Å². The predicted molar refractivity (Wildman–Crippen MR) is 128 cm³/mol. The molecule has 4 aromatic rings. The fourth-order valence-electron chi connectivity index (χ4n) is 4.15.